The van der Waals surface area contributed by atoms with E-state index < -0.39 is 23.7 Å². The van der Waals surface area contributed by atoms with Crippen LogP contribution in [-0.4, -0.2) is 35.2 Å². The van der Waals surface area contributed by atoms with Gasteiger partial charge in [0.15, 0.2) is 5.75 Å². The van der Waals surface area contributed by atoms with Gasteiger partial charge in [-0.1, -0.05) is 58.0 Å². The first kappa shape index (κ1) is 21.7. The number of esters is 1. The van der Waals surface area contributed by atoms with Gasteiger partial charge >= 0.3 is 12.1 Å². The summed E-state index contributed by atoms with van der Waals surface area (Å²) in [5.41, 5.74) is -0.683. The monoisotopic (exact) mass is 461 g/mol. The lowest BCUT2D eigenvalue weighted by molar-refractivity contribution is -0.139. The fraction of sp³-hybridized carbons (Fsp3) is 0.500. The second-order valence-electron chi connectivity index (χ2n) is 6.65. The summed E-state index contributed by atoms with van der Waals surface area (Å²) in [6, 6.07) is -0.829. The van der Waals surface area contributed by atoms with E-state index >= 15 is 0 Å². The molecule has 144 valence electrons. The zero-order valence-electron chi connectivity index (χ0n) is 14.2. The van der Waals surface area contributed by atoms with Crippen LogP contribution in [0.5, 0.6) is 5.75 Å². The van der Waals surface area contributed by atoms with E-state index in [-0.39, 0.29) is 30.9 Å². The molecule has 1 saturated heterocycles. The molecule has 0 aromatic heterocycles. The summed E-state index contributed by atoms with van der Waals surface area (Å²) in [7, 11) is 0. The zero-order valence-corrected chi connectivity index (χ0v) is 17.9. The molecule has 1 aliphatic rings. The minimum absolute atomic E-state index is 0.0422. The number of hydrogen-bond acceptors (Lipinski definition) is 4. The molecule has 1 atom stereocenters. The van der Waals surface area contributed by atoms with E-state index in [1.54, 1.807) is 20.8 Å². The lowest BCUT2D eigenvalue weighted by atomic mass is 10.2. The lowest BCUT2D eigenvalue weighted by Crippen LogP contribution is -2.44. The molecule has 0 radical (unpaired) electrons. The van der Waals surface area contributed by atoms with Crippen molar-refractivity contribution in [1.29, 1.82) is 0 Å². The van der Waals surface area contributed by atoms with E-state index in [1.807, 2.05) is 0 Å². The third-order valence-electron chi connectivity index (χ3n) is 3.53. The number of amides is 1. The van der Waals surface area contributed by atoms with Gasteiger partial charge in [-0.15, -0.1) is 0 Å². The van der Waals surface area contributed by atoms with E-state index in [4.69, 9.17) is 67.5 Å². The summed E-state index contributed by atoms with van der Waals surface area (Å²) >= 11 is 30.0. The summed E-state index contributed by atoms with van der Waals surface area (Å²) in [4.78, 5) is 26.2. The van der Waals surface area contributed by atoms with Gasteiger partial charge in [0.2, 0.25) is 0 Å². The highest BCUT2D eigenvalue weighted by molar-refractivity contribution is 6.55. The molecule has 1 amide bonds. The van der Waals surface area contributed by atoms with Crippen molar-refractivity contribution in [3.8, 4) is 5.75 Å². The molecule has 1 aromatic carbocycles. The van der Waals surface area contributed by atoms with Crippen molar-refractivity contribution in [3.05, 3.63) is 25.1 Å². The van der Waals surface area contributed by atoms with Crippen LogP contribution in [0.15, 0.2) is 0 Å². The number of halogens is 5. The number of nitrogens with zero attached hydrogens (tertiary/aromatic N) is 1. The van der Waals surface area contributed by atoms with Crippen LogP contribution in [0.25, 0.3) is 0 Å². The molecule has 0 spiro atoms. The molecule has 1 aliphatic heterocycles. The first-order valence-electron chi connectivity index (χ1n) is 7.66. The predicted octanol–water partition coefficient (Wildman–Crippen LogP) is 6.26. The Kier molecular flexibility index (Phi) is 6.84. The van der Waals surface area contributed by atoms with Crippen LogP contribution in [0.4, 0.5) is 4.79 Å². The molecule has 10 heteroatoms. The third kappa shape index (κ3) is 4.63. The van der Waals surface area contributed by atoms with Gasteiger partial charge in [0.25, 0.3) is 0 Å². The first-order chi connectivity index (χ1) is 11.9. The van der Waals surface area contributed by atoms with Crippen molar-refractivity contribution >= 4 is 70.1 Å². The number of hydrogen-bond donors (Lipinski definition) is 0. The molecule has 26 heavy (non-hydrogen) atoms. The fourth-order valence-corrected chi connectivity index (χ4v) is 3.59. The molecule has 2 rings (SSSR count). The van der Waals surface area contributed by atoms with Gasteiger partial charge < -0.3 is 9.47 Å². The maximum atomic E-state index is 12.6. The Hall–Kier alpha value is -0.590. The topological polar surface area (TPSA) is 55.8 Å². The summed E-state index contributed by atoms with van der Waals surface area (Å²) in [5.74, 6) is -0.916. The van der Waals surface area contributed by atoms with E-state index in [0.717, 1.165) is 0 Å². The zero-order chi connectivity index (χ0) is 19.8. The van der Waals surface area contributed by atoms with Gasteiger partial charge in [-0.25, -0.2) is 9.59 Å². The van der Waals surface area contributed by atoms with Gasteiger partial charge in [0, 0.05) is 6.54 Å². The minimum atomic E-state index is -0.829. The number of rotatable bonds is 2. The van der Waals surface area contributed by atoms with Crippen molar-refractivity contribution in [2.24, 2.45) is 0 Å². The summed E-state index contributed by atoms with van der Waals surface area (Å²) in [6.07, 6.45) is 0.451. The molecule has 1 fully saturated rings. The molecular formula is C16H16Cl5NO4. The van der Waals surface area contributed by atoms with Crippen LogP contribution in [0, 0.1) is 0 Å². The van der Waals surface area contributed by atoms with E-state index in [2.05, 4.69) is 0 Å². The highest BCUT2D eigenvalue weighted by atomic mass is 35.5. The van der Waals surface area contributed by atoms with Gasteiger partial charge in [-0.2, -0.15) is 0 Å². The molecule has 1 heterocycles. The maximum Gasteiger partial charge on any atom is 0.411 e. The lowest BCUT2D eigenvalue weighted by Gasteiger charge is -2.27. The Morgan fingerprint density at radius 1 is 0.962 bits per heavy atom. The molecule has 1 aromatic rings. The standard InChI is InChI=1S/C16H16Cl5NO4/c1-16(2,3)26-15(24)22-6-4-5-7(22)14(23)25-13-11(20)9(18)8(17)10(19)12(13)21/h7H,4-6H2,1-3H3/t7-/m1/s1. The Morgan fingerprint density at radius 2 is 1.46 bits per heavy atom. The van der Waals surface area contributed by atoms with E-state index in [1.165, 1.54) is 4.90 Å². The van der Waals surface area contributed by atoms with Crippen molar-refractivity contribution in [1.82, 2.24) is 4.90 Å². The molecule has 0 aliphatic carbocycles. The SMILES string of the molecule is CC(C)(C)OC(=O)N1CCC[C@@H]1C(=O)Oc1c(Cl)c(Cl)c(Cl)c(Cl)c1Cl. The van der Waals surface area contributed by atoms with Crippen molar-refractivity contribution < 1.29 is 19.1 Å². The average molecular weight is 464 g/mol. The summed E-state index contributed by atoms with van der Waals surface area (Å²) in [6.45, 7) is 5.60. The largest absolute Gasteiger partial charge is 0.444 e. The highest BCUT2D eigenvalue weighted by Crippen LogP contribution is 2.48. The summed E-state index contributed by atoms with van der Waals surface area (Å²) < 4.78 is 10.6. The smallest absolute Gasteiger partial charge is 0.411 e. The van der Waals surface area contributed by atoms with Gasteiger partial charge in [0.1, 0.15) is 21.7 Å². The van der Waals surface area contributed by atoms with Crippen LogP contribution >= 0.6 is 58.0 Å². The Bertz CT molecular complexity index is 718. The Balaban J connectivity index is 2.24. The molecule has 0 N–H and O–H groups in total. The van der Waals surface area contributed by atoms with Gasteiger partial charge in [-0.3, -0.25) is 4.90 Å². The average Bonchev–Trinajstić information content (AvgIpc) is 3.03. The molecular weight excluding hydrogens is 447 g/mol. The number of benzene rings is 1. The van der Waals surface area contributed by atoms with E-state index in [0.29, 0.717) is 19.4 Å². The summed E-state index contributed by atoms with van der Waals surface area (Å²) in [5, 5.41) is -0.483. The number of carbonyl (C=O) groups is 2. The Morgan fingerprint density at radius 3 is 1.96 bits per heavy atom. The maximum absolute atomic E-state index is 12.6. The fourth-order valence-electron chi connectivity index (χ4n) is 2.39. The molecule has 0 saturated carbocycles. The van der Waals surface area contributed by atoms with Crippen molar-refractivity contribution in [2.45, 2.75) is 45.3 Å². The second kappa shape index (κ2) is 8.19. The van der Waals surface area contributed by atoms with Crippen LogP contribution in [0.3, 0.4) is 0 Å². The molecule has 0 unspecified atom stereocenters. The van der Waals surface area contributed by atoms with E-state index in [9.17, 15) is 9.59 Å². The van der Waals surface area contributed by atoms with Gasteiger partial charge in [0.05, 0.1) is 15.1 Å². The Labute approximate surface area is 176 Å². The molecule has 5 nitrogen and oxygen atoms in total. The first-order valence-corrected chi connectivity index (χ1v) is 9.55. The van der Waals surface area contributed by atoms with Crippen LogP contribution in [0.2, 0.25) is 25.1 Å². The number of likely N-dealkylation sites (tertiary alicyclic amines) is 1. The highest BCUT2D eigenvalue weighted by Gasteiger charge is 2.38. The van der Waals surface area contributed by atoms with Crippen molar-refractivity contribution in [3.63, 3.8) is 0 Å². The third-order valence-corrected chi connectivity index (χ3v) is 5.77. The second-order valence-corrected chi connectivity index (χ2v) is 8.54. The molecule has 0 bridgehead atoms. The number of carbonyl (C=O) groups excluding carboxylic acids is 2. The normalized spacial score (nSPS) is 17.4. The number of ether oxygens (including phenoxy) is 2. The van der Waals surface area contributed by atoms with Crippen LogP contribution in [0.1, 0.15) is 33.6 Å². The van der Waals surface area contributed by atoms with Crippen LogP contribution in [-0.2, 0) is 9.53 Å². The quantitative estimate of drug-likeness (QED) is 0.225. The van der Waals surface area contributed by atoms with Gasteiger partial charge in [-0.05, 0) is 33.6 Å². The van der Waals surface area contributed by atoms with Crippen LogP contribution < -0.4 is 4.74 Å². The van der Waals surface area contributed by atoms with Crippen molar-refractivity contribution in [2.75, 3.05) is 6.54 Å². The minimum Gasteiger partial charge on any atom is -0.444 e. The predicted molar refractivity (Wildman–Crippen MR) is 103 cm³/mol.